The minimum absolute atomic E-state index is 0.446. The van der Waals surface area contributed by atoms with Crippen molar-refractivity contribution in [1.82, 2.24) is 0 Å². The molecule has 3 heteroatoms. The van der Waals surface area contributed by atoms with Crippen molar-refractivity contribution >= 4 is 18.0 Å². The zero-order chi connectivity index (χ0) is 7.97. The van der Waals surface area contributed by atoms with Crippen molar-refractivity contribution in [2.45, 2.75) is 0 Å². The number of rotatable bonds is 0. The summed E-state index contributed by atoms with van der Waals surface area (Å²) in [6.07, 6.45) is 3.76. The molecule has 0 aliphatic carbocycles. The molecular weight excluding hydrogens is 152 g/mol. The average molecular weight is 158 g/mol. The Labute approximate surface area is 68.7 Å². The monoisotopic (exact) mass is 158 g/mol. The van der Waals surface area contributed by atoms with Crippen LogP contribution in [0.15, 0.2) is 22.1 Å². The average Bonchev–Trinajstić information content (AvgIpc) is 2.64. The largest absolute Gasteiger partial charge is 0.469 e. The lowest BCUT2D eigenvalue weighted by Gasteiger charge is -1.94. The molecule has 0 fully saturated rings. The number of hydrogen-bond donors (Lipinski definition) is 0. The summed E-state index contributed by atoms with van der Waals surface area (Å²) in [6, 6.07) is 3.94. The van der Waals surface area contributed by atoms with Crippen molar-refractivity contribution in [2.24, 2.45) is 9.98 Å². The van der Waals surface area contributed by atoms with E-state index in [-0.39, 0.29) is 0 Å². The van der Waals surface area contributed by atoms with Gasteiger partial charge in [-0.3, -0.25) is 4.99 Å². The summed E-state index contributed by atoms with van der Waals surface area (Å²) in [5.41, 5.74) is 0.989. The Morgan fingerprint density at radius 2 is 2.33 bits per heavy atom. The third-order valence-corrected chi connectivity index (χ3v) is 2.03. The van der Waals surface area contributed by atoms with Crippen LogP contribution in [0.4, 0.5) is 5.69 Å². The molecule has 1 aromatic carbocycles. The Morgan fingerprint density at radius 1 is 1.33 bits per heavy atom. The van der Waals surface area contributed by atoms with Gasteiger partial charge in [0, 0.05) is 11.4 Å². The zero-order valence-corrected chi connectivity index (χ0v) is 6.32. The highest BCUT2D eigenvalue weighted by atomic mass is 16.5. The van der Waals surface area contributed by atoms with E-state index in [1.807, 2.05) is 18.2 Å². The first-order valence-electron chi connectivity index (χ1n) is 3.79. The van der Waals surface area contributed by atoms with E-state index >= 15 is 0 Å². The first kappa shape index (κ1) is 5.94. The van der Waals surface area contributed by atoms with Crippen LogP contribution in [0.25, 0.3) is 6.08 Å². The molecule has 12 heavy (non-hydrogen) atoms. The van der Waals surface area contributed by atoms with E-state index in [9.17, 15) is 0 Å². The molecule has 3 rings (SSSR count). The van der Waals surface area contributed by atoms with Crippen molar-refractivity contribution in [2.75, 3.05) is 6.73 Å². The topological polar surface area (TPSA) is 34.0 Å². The molecule has 0 amide bonds. The van der Waals surface area contributed by atoms with E-state index in [0.29, 0.717) is 6.73 Å². The maximum atomic E-state index is 5.28. The fourth-order valence-electron chi connectivity index (χ4n) is 1.43. The van der Waals surface area contributed by atoms with Crippen molar-refractivity contribution in [3.63, 3.8) is 0 Å². The molecule has 58 valence electrons. The number of fused-ring (bicyclic) bond motifs is 2. The van der Waals surface area contributed by atoms with E-state index in [1.54, 1.807) is 6.21 Å². The van der Waals surface area contributed by atoms with Gasteiger partial charge >= 0.3 is 0 Å². The van der Waals surface area contributed by atoms with Crippen LogP contribution in [0.2, 0.25) is 0 Å². The summed E-state index contributed by atoms with van der Waals surface area (Å²) in [5, 5.41) is 2.03. The molecule has 2 heterocycles. The van der Waals surface area contributed by atoms with E-state index in [1.165, 1.54) is 0 Å². The van der Waals surface area contributed by atoms with Crippen LogP contribution in [-0.4, -0.2) is 12.9 Å². The Hall–Kier alpha value is -1.64. The summed E-state index contributed by atoms with van der Waals surface area (Å²) in [7, 11) is 0. The second kappa shape index (κ2) is 1.94. The van der Waals surface area contributed by atoms with Crippen LogP contribution < -0.4 is 15.3 Å². The smallest absolute Gasteiger partial charge is 0.180 e. The quantitative estimate of drug-likeness (QED) is 0.529. The van der Waals surface area contributed by atoms with Gasteiger partial charge in [0.15, 0.2) is 6.73 Å². The molecule has 0 saturated carbocycles. The molecule has 2 aliphatic heterocycles. The minimum atomic E-state index is 0.446. The second-order valence-electron chi connectivity index (χ2n) is 2.76. The van der Waals surface area contributed by atoms with Crippen molar-refractivity contribution in [3.05, 3.63) is 22.7 Å². The number of nitrogens with zero attached hydrogens (tertiary/aromatic N) is 2. The van der Waals surface area contributed by atoms with Gasteiger partial charge in [0.2, 0.25) is 0 Å². The Kier molecular flexibility index (Phi) is 0.961. The van der Waals surface area contributed by atoms with Crippen molar-refractivity contribution < 1.29 is 4.74 Å². The molecule has 0 N–H and O–H groups in total. The van der Waals surface area contributed by atoms with Crippen LogP contribution in [0.1, 0.15) is 0 Å². The van der Waals surface area contributed by atoms with E-state index < -0.39 is 0 Å². The van der Waals surface area contributed by atoms with E-state index in [4.69, 9.17) is 4.74 Å². The highest BCUT2D eigenvalue weighted by Gasteiger charge is 2.08. The number of benzene rings is 1. The van der Waals surface area contributed by atoms with E-state index in [0.717, 1.165) is 22.0 Å². The van der Waals surface area contributed by atoms with Crippen LogP contribution in [0.3, 0.4) is 0 Å². The third-order valence-electron chi connectivity index (χ3n) is 2.03. The third kappa shape index (κ3) is 0.652. The van der Waals surface area contributed by atoms with Crippen LogP contribution >= 0.6 is 0 Å². The molecule has 0 bridgehead atoms. The Balaban J connectivity index is 2.45. The highest BCUT2D eigenvalue weighted by molar-refractivity contribution is 5.96. The molecule has 1 aromatic rings. The van der Waals surface area contributed by atoms with Crippen LogP contribution in [-0.2, 0) is 0 Å². The standard InChI is InChI=1S/C9H6N2O/c1-2-10-7-4-8-9(3-6(1)7)12-5-11-8/h1-4H,5H2. The fraction of sp³-hybridized carbons (Fsp3) is 0.111. The molecule has 0 unspecified atom stereocenters. The Morgan fingerprint density at radius 3 is 3.33 bits per heavy atom. The first-order valence-corrected chi connectivity index (χ1v) is 3.79. The predicted octanol–water partition coefficient (Wildman–Crippen LogP) is 0.152. The maximum Gasteiger partial charge on any atom is 0.180 e. The predicted molar refractivity (Wildman–Crippen MR) is 45.3 cm³/mol. The SMILES string of the molecule is C1=Nc2cc3c(cc2=C1)OCN=3. The highest BCUT2D eigenvalue weighted by Crippen LogP contribution is 2.12. The Bertz CT molecular complexity index is 488. The second-order valence-corrected chi connectivity index (χ2v) is 2.76. The molecular formula is C9H6N2O. The number of hydrogen-bond acceptors (Lipinski definition) is 3. The molecule has 3 nitrogen and oxygen atoms in total. The fourth-order valence-corrected chi connectivity index (χ4v) is 1.43. The van der Waals surface area contributed by atoms with Gasteiger partial charge in [0.05, 0.1) is 5.69 Å². The summed E-state index contributed by atoms with van der Waals surface area (Å²) < 4.78 is 5.28. The van der Waals surface area contributed by atoms with E-state index in [2.05, 4.69) is 9.98 Å². The molecule has 0 saturated heterocycles. The molecule has 0 atom stereocenters. The van der Waals surface area contributed by atoms with Gasteiger partial charge in [-0.25, -0.2) is 4.99 Å². The molecule has 0 aromatic heterocycles. The van der Waals surface area contributed by atoms with Gasteiger partial charge < -0.3 is 4.74 Å². The summed E-state index contributed by atoms with van der Waals surface area (Å²) in [4.78, 5) is 8.35. The van der Waals surface area contributed by atoms with Crippen LogP contribution in [0.5, 0.6) is 5.75 Å². The number of aliphatic imine (C=N–C) groups is 1. The summed E-state index contributed by atoms with van der Waals surface area (Å²) in [5.74, 6) is 0.871. The summed E-state index contributed by atoms with van der Waals surface area (Å²) in [6.45, 7) is 0.446. The van der Waals surface area contributed by atoms with Gasteiger partial charge in [-0.2, -0.15) is 0 Å². The van der Waals surface area contributed by atoms with Crippen molar-refractivity contribution in [1.29, 1.82) is 0 Å². The number of ether oxygens (including phenoxy) is 1. The zero-order valence-electron chi connectivity index (χ0n) is 6.32. The molecule has 0 spiro atoms. The van der Waals surface area contributed by atoms with Gasteiger partial charge in [0.25, 0.3) is 0 Å². The maximum absolute atomic E-state index is 5.28. The molecule has 2 aliphatic rings. The molecule has 0 radical (unpaired) electrons. The lowest BCUT2D eigenvalue weighted by molar-refractivity contribution is 0.352. The minimum Gasteiger partial charge on any atom is -0.469 e. The lowest BCUT2D eigenvalue weighted by atomic mass is 10.2. The first-order chi connectivity index (χ1) is 5.93. The van der Waals surface area contributed by atoms with Gasteiger partial charge in [-0.1, -0.05) is 0 Å². The van der Waals surface area contributed by atoms with Gasteiger partial charge in [0.1, 0.15) is 11.1 Å². The van der Waals surface area contributed by atoms with Crippen LogP contribution in [0, 0.1) is 0 Å². The van der Waals surface area contributed by atoms with Crippen molar-refractivity contribution in [3.8, 4) is 5.75 Å². The van der Waals surface area contributed by atoms with Gasteiger partial charge in [-0.05, 0) is 18.2 Å². The van der Waals surface area contributed by atoms with Gasteiger partial charge in [-0.15, -0.1) is 0 Å². The normalized spacial score (nSPS) is 16.0. The summed E-state index contributed by atoms with van der Waals surface area (Å²) >= 11 is 0. The lowest BCUT2D eigenvalue weighted by Crippen LogP contribution is -2.06.